The summed E-state index contributed by atoms with van der Waals surface area (Å²) in [5.74, 6) is -1.25. The fraction of sp³-hybridized carbons (Fsp3) is 0.176. The van der Waals surface area contributed by atoms with Crippen LogP contribution in [-0.4, -0.2) is 11.9 Å². The first kappa shape index (κ1) is 15.8. The highest BCUT2D eigenvalue weighted by atomic mass is 35.5. The van der Waals surface area contributed by atoms with Crippen molar-refractivity contribution >= 4 is 40.8 Å². The molecule has 6 heteroatoms. The van der Waals surface area contributed by atoms with E-state index in [-0.39, 0.29) is 18.3 Å². The number of rotatable bonds is 3. The number of nitrogens with one attached hydrogen (secondary N) is 1. The Morgan fingerprint density at radius 2 is 1.83 bits per heavy atom. The zero-order valence-electron chi connectivity index (χ0n) is 12.0. The maximum Gasteiger partial charge on any atom is 0.307 e. The topological polar surface area (TPSA) is 55.4 Å². The van der Waals surface area contributed by atoms with E-state index in [2.05, 4.69) is 5.32 Å². The van der Waals surface area contributed by atoms with E-state index in [0.717, 1.165) is 5.56 Å². The van der Waals surface area contributed by atoms with Crippen molar-refractivity contribution in [3.63, 3.8) is 0 Å². The third kappa shape index (κ3) is 3.49. The highest BCUT2D eigenvalue weighted by Crippen LogP contribution is 2.36. The van der Waals surface area contributed by atoms with Gasteiger partial charge in [0.15, 0.2) is 0 Å². The Labute approximate surface area is 143 Å². The number of benzene rings is 2. The van der Waals surface area contributed by atoms with Crippen LogP contribution in [0.4, 0.5) is 5.69 Å². The van der Waals surface area contributed by atoms with Crippen LogP contribution in [0.25, 0.3) is 0 Å². The number of anilines is 1. The van der Waals surface area contributed by atoms with Gasteiger partial charge in [0.25, 0.3) is 0 Å². The van der Waals surface area contributed by atoms with Crippen LogP contribution in [0, 0.1) is 5.92 Å². The number of esters is 1. The number of hydrogen-bond donors (Lipinski definition) is 1. The number of carbonyl (C=O) groups is 2. The van der Waals surface area contributed by atoms with Gasteiger partial charge in [0, 0.05) is 5.69 Å². The Morgan fingerprint density at radius 3 is 2.52 bits per heavy atom. The molecule has 0 radical (unpaired) electrons. The molecule has 0 unspecified atom stereocenters. The van der Waals surface area contributed by atoms with Crippen molar-refractivity contribution in [3.8, 4) is 0 Å². The molecule has 0 aliphatic carbocycles. The Morgan fingerprint density at radius 1 is 1.09 bits per heavy atom. The maximum absolute atomic E-state index is 12.5. The number of hydrogen-bond acceptors (Lipinski definition) is 3. The maximum atomic E-state index is 12.5. The lowest BCUT2D eigenvalue weighted by molar-refractivity contribution is -0.141. The standard InChI is InChI=1S/C17H13Cl2NO3/c18-13-7-6-11(8-14(13)19)20-17(22)12-9-15(21)23-16(12)10-4-2-1-3-5-10/h1-8,12,16H,9H2,(H,20,22)/t12-,16+/m0/s1. The van der Waals surface area contributed by atoms with E-state index in [1.165, 1.54) is 0 Å². The van der Waals surface area contributed by atoms with Crippen LogP contribution in [0.3, 0.4) is 0 Å². The molecule has 1 N–H and O–H groups in total. The van der Waals surface area contributed by atoms with Crippen molar-refractivity contribution in [2.24, 2.45) is 5.92 Å². The third-order valence-electron chi connectivity index (χ3n) is 3.66. The summed E-state index contributed by atoms with van der Waals surface area (Å²) in [6.07, 6.45) is -0.529. The van der Waals surface area contributed by atoms with Gasteiger partial charge in [-0.3, -0.25) is 9.59 Å². The van der Waals surface area contributed by atoms with Crippen LogP contribution >= 0.6 is 23.2 Å². The van der Waals surface area contributed by atoms with Gasteiger partial charge in [-0.15, -0.1) is 0 Å². The molecule has 3 rings (SSSR count). The van der Waals surface area contributed by atoms with E-state index in [4.69, 9.17) is 27.9 Å². The number of halogens is 2. The van der Waals surface area contributed by atoms with Crippen LogP contribution in [0.5, 0.6) is 0 Å². The van der Waals surface area contributed by atoms with Gasteiger partial charge in [0.05, 0.1) is 22.4 Å². The lowest BCUT2D eigenvalue weighted by atomic mass is 9.94. The quantitative estimate of drug-likeness (QED) is 0.843. The normalized spacial score (nSPS) is 20.2. The van der Waals surface area contributed by atoms with E-state index in [0.29, 0.717) is 15.7 Å². The summed E-state index contributed by atoms with van der Waals surface area (Å²) in [6.45, 7) is 0. The van der Waals surface area contributed by atoms with Crippen molar-refractivity contribution in [1.82, 2.24) is 0 Å². The molecule has 1 fully saturated rings. The van der Waals surface area contributed by atoms with E-state index >= 15 is 0 Å². The van der Waals surface area contributed by atoms with Crippen molar-refractivity contribution in [2.75, 3.05) is 5.32 Å². The van der Waals surface area contributed by atoms with Crippen LogP contribution < -0.4 is 5.32 Å². The highest BCUT2D eigenvalue weighted by Gasteiger charge is 2.40. The molecular weight excluding hydrogens is 337 g/mol. The summed E-state index contributed by atoms with van der Waals surface area (Å²) in [7, 11) is 0. The number of cyclic esters (lactones) is 1. The SMILES string of the molecule is O=C1C[C@H](C(=O)Nc2ccc(Cl)c(Cl)c2)[C@@H](c2ccccc2)O1. The Balaban J connectivity index is 1.79. The van der Waals surface area contributed by atoms with Gasteiger partial charge in [-0.05, 0) is 23.8 Å². The summed E-state index contributed by atoms with van der Waals surface area (Å²) in [5, 5.41) is 3.52. The highest BCUT2D eigenvalue weighted by molar-refractivity contribution is 6.42. The van der Waals surface area contributed by atoms with E-state index < -0.39 is 12.0 Å². The molecule has 0 spiro atoms. The second kappa shape index (κ2) is 6.60. The van der Waals surface area contributed by atoms with Crippen LogP contribution in [0.15, 0.2) is 48.5 Å². The first-order chi connectivity index (χ1) is 11.0. The van der Waals surface area contributed by atoms with Gasteiger partial charge in [-0.1, -0.05) is 53.5 Å². The van der Waals surface area contributed by atoms with Gasteiger partial charge in [-0.25, -0.2) is 0 Å². The minimum Gasteiger partial charge on any atom is -0.457 e. The van der Waals surface area contributed by atoms with Gasteiger partial charge >= 0.3 is 5.97 Å². The van der Waals surface area contributed by atoms with E-state index in [1.54, 1.807) is 18.2 Å². The molecular formula is C17H13Cl2NO3. The molecule has 118 valence electrons. The monoisotopic (exact) mass is 349 g/mol. The Bertz CT molecular complexity index is 749. The van der Waals surface area contributed by atoms with Crippen LogP contribution in [0.1, 0.15) is 18.1 Å². The molecule has 0 saturated carbocycles. The van der Waals surface area contributed by atoms with Gasteiger partial charge in [0.1, 0.15) is 6.10 Å². The van der Waals surface area contributed by atoms with Gasteiger partial charge in [0.2, 0.25) is 5.91 Å². The van der Waals surface area contributed by atoms with E-state index in [1.807, 2.05) is 30.3 Å². The lowest BCUT2D eigenvalue weighted by Gasteiger charge is -2.17. The summed E-state index contributed by atoms with van der Waals surface area (Å²) >= 11 is 11.8. The fourth-order valence-corrected chi connectivity index (χ4v) is 2.84. The van der Waals surface area contributed by atoms with Crippen molar-refractivity contribution < 1.29 is 14.3 Å². The largest absolute Gasteiger partial charge is 0.457 e. The molecule has 23 heavy (non-hydrogen) atoms. The Kier molecular flexibility index (Phi) is 4.55. The summed E-state index contributed by atoms with van der Waals surface area (Å²) < 4.78 is 5.31. The average molecular weight is 350 g/mol. The Hall–Kier alpha value is -2.04. The number of carbonyl (C=O) groups excluding carboxylic acids is 2. The second-order valence-electron chi connectivity index (χ2n) is 5.25. The zero-order valence-corrected chi connectivity index (χ0v) is 13.5. The van der Waals surface area contributed by atoms with Gasteiger partial charge in [-0.2, -0.15) is 0 Å². The molecule has 1 heterocycles. The number of ether oxygens (including phenoxy) is 1. The molecule has 1 aliphatic rings. The predicted octanol–water partition coefficient (Wildman–Crippen LogP) is 4.24. The van der Waals surface area contributed by atoms with E-state index in [9.17, 15) is 9.59 Å². The van der Waals surface area contributed by atoms with Crippen molar-refractivity contribution in [2.45, 2.75) is 12.5 Å². The average Bonchev–Trinajstić information content (AvgIpc) is 2.94. The molecule has 2 aromatic rings. The van der Waals surface area contributed by atoms with Crippen LogP contribution in [-0.2, 0) is 14.3 Å². The summed E-state index contributed by atoms with van der Waals surface area (Å²) in [4.78, 5) is 24.2. The smallest absolute Gasteiger partial charge is 0.307 e. The second-order valence-corrected chi connectivity index (χ2v) is 6.06. The molecule has 2 aromatic carbocycles. The van der Waals surface area contributed by atoms with Gasteiger partial charge < -0.3 is 10.1 Å². The van der Waals surface area contributed by atoms with Crippen molar-refractivity contribution in [1.29, 1.82) is 0 Å². The molecule has 1 saturated heterocycles. The molecule has 1 amide bonds. The fourth-order valence-electron chi connectivity index (χ4n) is 2.54. The minimum atomic E-state index is -0.584. The molecule has 0 aromatic heterocycles. The number of amides is 1. The third-order valence-corrected chi connectivity index (χ3v) is 4.40. The van der Waals surface area contributed by atoms with Crippen LogP contribution in [0.2, 0.25) is 10.0 Å². The van der Waals surface area contributed by atoms with Crippen molar-refractivity contribution in [3.05, 3.63) is 64.1 Å². The molecule has 0 bridgehead atoms. The lowest BCUT2D eigenvalue weighted by Crippen LogP contribution is -2.25. The summed E-state index contributed by atoms with van der Waals surface area (Å²) in [6, 6.07) is 14.0. The molecule has 4 nitrogen and oxygen atoms in total. The molecule has 2 atom stereocenters. The minimum absolute atomic E-state index is 0.0483. The predicted molar refractivity (Wildman–Crippen MR) is 88.5 cm³/mol. The first-order valence-corrected chi connectivity index (χ1v) is 7.80. The molecule has 1 aliphatic heterocycles. The first-order valence-electron chi connectivity index (χ1n) is 7.05. The summed E-state index contributed by atoms with van der Waals surface area (Å²) in [5.41, 5.74) is 1.32. The zero-order chi connectivity index (χ0) is 16.4.